The van der Waals surface area contributed by atoms with Crippen LogP contribution in [0.25, 0.3) is 0 Å². The summed E-state index contributed by atoms with van der Waals surface area (Å²) >= 11 is 2.64. The fourth-order valence-corrected chi connectivity index (χ4v) is 2.60. The minimum absolute atomic E-state index is 0.0690. The summed E-state index contributed by atoms with van der Waals surface area (Å²) in [6, 6.07) is 0. The third kappa shape index (κ3) is 2.38. The molecule has 16 heavy (non-hydrogen) atoms. The van der Waals surface area contributed by atoms with Crippen molar-refractivity contribution in [2.75, 3.05) is 0 Å². The lowest BCUT2D eigenvalue weighted by Gasteiger charge is -1.92. The molecule has 0 bridgehead atoms. The van der Waals surface area contributed by atoms with Crippen molar-refractivity contribution in [3.8, 4) is 0 Å². The van der Waals surface area contributed by atoms with Crippen LogP contribution in [0.3, 0.4) is 0 Å². The molecule has 2 aliphatic heterocycles. The molecule has 0 aromatic carbocycles. The Balaban J connectivity index is 2.02. The van der Waals surface area contributed by atoms with E-state index in [0.29, 0.717) is 10.3 Å². The molecule has 2 saturated heterocycles. The summed E-state index contributed by atoms with van der Waals surface area (Å²) in [4.78, 5) is 22.3. The molecule has 0 aromatic rings. The van der Waals surface area contributed by atoms with Crippen molar-refractivity contribution in [3.63, 3.8) is 0 Å². The molecule has 0 aliphatic carbocycles. The molecule has 2 rings (SSSR count). The van der Waals surface area contributed by atoms with Crippen LogP contribution < -0.4 is 10.6 Å². The zero-order chi connectivity index (χ0) is 11.7. The number of amides is 2. The number of carbonyl (C=O) groups is 2. The van der Waals surface area contributed by atoms with E-state index in [2.05, 4.69) is 20.8 Å². The van der Waals surface area contributed by atoms with Gasteiger partial charge in [-0.3, -0.25) is 9.59 Å². The van der Waals surface area contributed by atoms with Gasteiger partial charge in [0, 0.05) is 0 Å². The second kappa shape index (κ2) is 4.46. The highest BCUT2D eigenvalue weighted by Crippen LogP contribution is 2.20. The molecule has 2 aliphatic rings. The van der Waals surface area contributed by atoms with Crippen LogP contribution in [0.1, 0.15) is 13.8 Å². The van der Waals surface area contributed by atoms with E-state index in [9.17, 15) is 9.59 Å². The summed E-state index contributed by atoms with van der Waals surface area (Å²) < 4.78 is 0. The third-order valence-electron chi connectivity index (χ3n) is 2.01. The lowest BCUT2D eigenvalue weighted by Crippen LogP contribution is -2.24. The predicted molar refractivity (Wildman–Crippen MR) is 65.3 cm³/mol. The van der Waals surface area contributed by atoms with Gasteiger partial charge in [-0.05, 0) is 13.8 Å². The third-order valence-corrected chi connectivity index (χ3v) is 3.96. The van der Waals surface area contributed by atoms with E-state index in [1.807, 2.05) is 0 Å². The Labute approximate surface area is 101 Å². The molecule has 0 saturated carbocycles. The first-order chi connectivity index (χ1) is 7.56. The molecular formula is C8H10N4O2S2. The van der Waals surface area contributed by atoms with Gasteiger partial charge in [0.25, 0.3) is 0 Å². The molecule has 8 heteroatoms. The maximum atomic E-state index is 11.1. The van der Waals surface area contributed by atoms with E-state index in [-0.39, 0.29) is 22.3 Å². The van der Waals surface area contributed by atoms with E-state index in [4.69, 9.17) is 0 Å². The highest BCUT2D eigenvalue weighted by atomic mass is 32.2. The molecule has 6 nitrogen and oxygen atoms in total. The van der Waals surface area contributed by atoms with Gasteiger partial charge in [-0.2, -0.15) is 0 Å². The number of rotatable bonds is 1. The van der Waals surface area contributed by atoms with Crippen LogP contribution in [0.15, 0.2) is 10.2 Å². The number of hydrogen-bond donors (Lipinski definition) is 2. The van der Waals surface area contributed by atoms with Crippen molar-refractivity contribution < 1.29 is 9.59 Å². The van der Waals surface area contributed by atoms with Gasteiger partial charge in [0.05, 0.1) is 10.5 Å². The Morgan fingerprint density at radius 3 is 1.56 bits per heavy atom. The zero-order valence-electron chi connectivity index (χ0n) is 8.68. The minimum atomic E-state index is -0.135. The highest BCUT2D eigenvalue weighted by Gasteiger charge is 2.27. The first kappa shape index (κ1) is 11.5. The van der Waals surface area contributed by atoms with E-state index in [0.717, 1.165) is 0 Å². The Morgan fingerprint density at radius 2 is 1.31 bits per heavy atom. The second-order valence-electron chi connectivity index (χ2n) is 3.31. The SMILES string of the molecule is CC1S/C(=N/N=C2\NC(=O)C(C)S2)NC1=O. The van der Waals surface area contributed by atoms with E-state index >= 15 is 0 Å². The van der Waals surface area contributed by atoms with Crippen molar-refractivity contribution in [1.82, 2.24) is 10.6 Å². The van der Waals surface area contributed by atoms with Crippen LogP contribution in [-0.2, 0) is 9.59 Å². The normalized spacial score (nSPS) is 34.6. The Kier molecular flexibility index (Phi) is 3.20. The molecular weight excluding hydrogens is 248 g/mol. The van der Waals surface area contributed by atoms with Gasteiger partial charge in [-0.1, -0.05) is 23.5 Å². The minimum Gasteiger partial charge on any atom is -0.303 e. The topological polar surface area (TPSA) is 82.9 Å². The Morgan fingerprint density at radius 1 is 0.938 bits per heavy atom. The van der Waals surface area contributed by atoms with E-state index in [1.165, 1.54) is 23.5 Å². The number of nitrogens with one attached hydrogen (secondary N) is 2. The fraction of sp³-hybridized carbons (Fsp3) is 0.500. The van der Waals surface area contributed by atoms with Crippen LogP contribution in [0.4, 0.5) is 0 Å². The molecule has 2 unspecified atom stereocenters. The van der Waals surface area contributed by atoms with E-state index < -0.39 is 0 Å². The Hall–Kier alpha value is -1.02. The standard InChI is InChI=1S/C8H10N4O2S2/c1-3-5(13)9-7(15-3)11-12-8-10-6(14)4(2)16-8/h3-4H,1-2H3,(H,9,11,13)(H,10,12,14). The van der Waals surface area contributed by atoms with Crippen LogP contribution in [0, 0.1) is 0 Å². The highest BCUT2D eigenvalue weighted by molar-refractivity contribution is 8.16. The number of amidine groups is 2. The van der Waals surface area contributed by atoms with Crippen molar-refractivity contribution in [3.05, 3.63) is 0 Å². The average molecular weight is 258 g/mol. The first-order valence-electron chi connectivity index (χ1n) is 4.67. The summed E-state index contributed by atoms with van der Waals surface area (Å²) in [6.07, 6.45) is 0. The largest absolute Gasteiger partial charge is 0.303 e. The smallest absolute Gasteiger partial charge is 0.239 e. The fourth-order valence-electron chi connectivity index (χ4n) is 1.10. The van der Waals surface area contributed by atoms with Gasteiger partial charge in [0.15, 0.2) is 10.3 Å². The van der Waals surface area contributed by atoms with Gasteiger partial charge in [-0.25, -0.2) is 0 Å². The summed E-state index contributed by atoms with van der Waals surface area (Å²) in [5.41, 5.74) is 0. The average Bonchev–Trinajstić information content (AvgIpc) is 2.70. The summed E-state index contributed by atoms with van der Waals surface area (Å²) in [6.45, 7) is 3.59. The maximum Gasteiger partial charge on any atom is 0.239 e. The van der Waals surface area contributed by atoms with E-state index in [1.54, 1.807) is 13.8 Å². The summed E-state index contributed by atoms with van der Waals surface area (Å²) in [5.74, 6) is -0.138. The van der Waals surface area contributed by atoms with Crippen LogP contribution in [0.2, 0.25) is 0 Å². The first-order valence-corrected chi connectivity index (χ1v) is 6.43. The molecule has 2 N–H and O–H groups in total. The molecule has 0 spiro atoms. The second-order valence-corrected chi connectivity index (χ2v) is 5.97. The lowest BCUT2D eigenvalue weighted by molar-refractivity contribution is -0.119. The molecule has 2 fully saturated rings. The van der Waals surface area contributed by atoms with Gasteiger partial charge in [0.2, 0.25) is 11.8 Å². The summed E-state index contributed by atoms with van der Waals surface area (Å²) in [5, 5.41) is 13.6. The maximum absolute atomic E-state index is 11.1. The van der Waals surface area contributed by atoms with Crippen LogP contribution in [-0.4, -0.2) is 32.6 Å². The molecule has 2 amide bonds. The summed E-state index contributed by atoms with van der Waals surface area (Å²) in [7, 11) is 0. The predicted octanol–water partition coefficient (Wildman–Crippen LogP) is 0.116. The van der Waals surface area contributed by atoms with Crippen molar-refractivity contribution in [1.29, 1.82) is 0 Å². The molecule has 2 heterocycles. The quantitative estimate of drug-likeness (QED) is 0.654. The van der Waals surface area contributed by atoms with Crippen LogP contribution >= 0.6 is 23.5 Å². The van der Waals surface area contributed by atoms with Gasteiger partial charge < -0.3 is 10.6 Å². The number of hydrogen-bond acceptors (Lipinski definition) is 6. The molecule has 86 valence electrons. The molecule has 0 radical (unpaired) electrons. The molecule has 0 aromatic heterocycles. The van der Waals surface area contributed by atoms with Crippen molar-refractivity contribution >= 4 is 45.7 Å². The number of nitrogens with zero attached hydrogens (tertiary/aromatic N) is 2. The zero-order valence-corrected chi connectivity index (χ0v) is 10.3. The number of carbonyl (C=O) groups excluding carboxylic acids is 2. The van der Waals surface area contributed by atoms with Crippen molar-refractivity contribution in [2.45, 2.75) is 24.3 Å². The van der Waals surface area contributed by atoms with Gasteiger partial charge in [0.1, 0.15) is 0 Å². The molecule has 2 atom stereocenters. The Bertz CT molecular complexity index is 369. The van der Waals surface area contributed by atoms with Gasteiger partial charge in [-0.15, -0.1) is 10.2 Å². The van der Waals surface area contributed by atoms with Crippen molar-refractivity contribution in [2.24, 2.45) is 10.2 Å². The lowest BCUT2D eigenvalue weighted by atomic mass is 10.4. The van der Waals surface area contributed by atoms with Gasteiger partial charge >= 0.3 is 0 Å². The monoisotopic (exact) mass is 258 g/mol. The number of thioether (sulfide) groups is 2. The van der Waals surface area contributed by atoms with Crippen LogP contribution in [0.5, 0.6) is 0 Å².